The molecule has 0 unspecified atom stereocenters. The van der Waals surface area contributed by atoms with Crippen LogP contribution < -0.4 is 0 Å². The Morgan fingerprint density at radius 2 is 1.19 bits per heavy atom. The topological polar surface area (TPSA) is 78.9 Å². The Morgan fingerprint density at radius 3 is 1.48 bits per heavy atom. The second-order valence-corrected chi connectivity index (χ2v) is 12.4. The van der Waals surface area contributed by atoms with Crippen LogP contribution in [0.4, 0.5) is 0 Å². The monoisotopic (exact) mass is 442 g/mol. The highest BCUT2D eigenvalue weighted by atomic mass is 32.2. The minimum atomic E-state index is -3.72. The molecule has 0 spiro atoms. The van der Waals surface area contributed by atoms with Crippen LogP contribution in [0.3, 0.4) is 0 Å². The lowest BCUT2D eigenvalue weighted by Gasteiger charge is -2.20. The van der Waals surface area contributed by atoms with Crippen LogP contribution in [-0.2, 0) is 27.7 Å². The molecular weight excluding hydrogens is 407 g/mol. The Hall–Kier alpha value is 0.150. The zero-order chi connectivity index (χ0) is 21.3. The largest absolute Gasteiger partial charge is 0.474 e. The number of carbonyl (C=O) groups excluding carboxylic acids is 2. The molecule has 0 aromatic rings. The van der Waals surface area contributed by atoms with Gasteiger partial charge < -0.3 is 0 Å². The summed E-state index contributed by atoms with van der Waals surface area (Å²) >= 11 is 2.28. The second-order valence-electron chi connectivity index (χ2n) is 8.58. The van der Waals surface area contributed by atoms with Crippen LogP contribution in [0, 0.1) is 16.7 Å². The van der Waals surface area contributed by atoms with Crippen molar-refractivity contribution < 1.29 is 27.7 Å². The Kier molecular flexibility index (Phi) is 12.1. The number of hydrogen-bond donors (Lipinski definition) is 0. The molecule has 27 heavy (non-hydrogen) atoms. The van der Waals surface area contributed by atoms with Crippen molar-refractivity contribution in [2.24, 2.45) is 16.7 Å². The van der Waals surface area contributed by atoms with Gasteiger partial charge in [0.15, 0.2) is 10.2 Å². The number of rotatable bonds is 11. The van der Waals surface area contributed by atoms with Gasteiger partial charge in [-0.2, -0.15) is 0 Å². The Bertz CT molecular complexity index is 485. The van der Waals surface area contributed by atoms with E-state index in [9.17, 15) is 14.2 Å². The summed E-state index contributed by atoms with van der Waals surface area (Å²) in [7, 11) is -3.72. The molecular formula is C18H35O6PS2. The molecule has 0 bridgehead atoms. The zero-order valence-corrected chi connectivity index (χ0v) is 20.4. The minimum absolute atomic E-state index is 0.0436. The van der Waals surface area contributed by atoms with Crippen LogP contribution in [0.2, 0.25) is 0 Å². The fraction of sp³-hybridized carbons (Fsp3) is 0.889. The van der Waals surface area contributed by atoms with Gasteiger partial charge in [0.2, 0.25) is 0 Å². The predicted octanol–water partition coefficient (Wildman–Crippen LogP) is 5.41. The molecule has 0 radical (unpaired) electrons. The zero-order valence-electron chi connectivity index (χ0n) is 17.8. The molecule has 0 aromatic carbocycles. The molecule has 0 aliphatic heterocycles. The van der Waals surface area contributed by atoms with Gasteiger partial charge in [0.25, 0.3) is 0 Å². The summed E-state index contributed by atoms with van der Waals surface area (Å²) in [5.41, 5.74) is -0.869. The maximum absolute atomic E-state index is 12.7. The number of phosphoric acid groups is 1. The van der Waals surface area contributed by atoms with E-state index in [-0.39, 0.29) is 36.0 Å². The summed E-state index contributed by atoms with van der Waals surface area (Å²) in [6.07, 6.45) is 0. The molecule has 0 rings (SSSR count). The van der Waals surface area contributed by atoms with Crippen LogP contribution in [0.1, 0.15) is 55.4 Å². The Morgan fingerprint density at radius 1 is 0.815 bits per heavy atom. The van der Waals surface area contributed by atoms with E-state index in [0.717, 1.165) is 23.5 Å². The molecule has 9 heteroatoms. The van der Waals surface area contributed by atoms with Gasteiger partial charge in [-0.25, -0.2) is 4.57 Å². The van der Waals surface area contributed by atoms with Crippen LogP contribution in [0.5, 0.6) is 0 Å². The van der Waals surface area contributed by atoms with E-state index in [2.05, 4.69) is 0 Å². The standard InChI is InChI=1S/C18H35O6PS2/c1-14(2)13-24-25(21,22-9-11-26-15(19)17(3,4)5)23-10-12-27-16(20)18(6,7)8/h14H,9-13H2,1-8H3. The summed E-state index contributed by atoms with van der Waals surface area (Å²) in [5, 5.41) is 0.0871. The van der Waals surface area contributed by atoms with Gasteiger partial charge in [-0.15, -0.1) is 0 Å². The smallest absolute Gasteiger partial charge is 0.287 e. The van der Waals surface area contributed by atoms with Gasteiger partial charge in [-0.3, -0.25) is 23.2 Å². The fourth-order valence-electron chi connectivity index (χ4n) is 1.35. The van der Waals surface area contributed by atoms with Crippen LogP contribution in [0.25, 0.3) is 0 Å². The summed E-state index contributed by atoms with van der Waals surface area (Å²) < 4.78 is 28.8. The fourth-order valence-corrected chi connectivity index (χ4v) is 4.50. The molecule has 0 atom stereocenters. The lowest BCUT2D eigenvalue weighted by Crippen LogP contribution is -2.18. The molecule has 0 amide bonds. The van der Waals surface area contributed by atoms with Crippen LogP contribution >= 0.6 is 31.3 Å². The van der Waals surface area contributed by atoms with Crippen molar-refractivity contribution in [1.29, 1.82) is 0 Å². The number of phosphoric ester groups is 1. The molecule has 0 saturated carbocycles. The van der Waals surface area contributed by atoms with E-state index in [0.29, 0.717) is 11.5 Å². The van der Waals surface area contributed by atoms with Crippen molar-refractivity contribution in [3.63, 3.8) is 0 Å². The lowest BCUT2D eigenvalue weighted by atomic mass is 9.99. The summed E-state index contributed by atoms with van der Waals surface area (Å²) in [6.45, 7) is 15.3. The van der Waals surface area contributed by atoms with E-state index >= 15 is 0 Å². The molecule has 0 heterocycles. The number of carbonyl (C=O) groups is 2. The lowest BCUT2D eigenvalue weighted by molar-refractivity contribution is -0.118. The molecule has 0 fully saturated rings. The highest BCUT2D eigenvalue weighted by Gasteiger charge is 2.28. The number of thioether (sulfide) groups is 2. The van der Waals surface area contributed by atoms with Gasteiger partial charge in [0.1, 0.15) is 0 Å². The van der Waals surface area contributed by atoms with Crippen molar-refractivity contribution in [2.45, 2.75) is 55.4 Å². The third kappa shape index (κ3) is 13.1. The summed E-state index contributed by atoms with van der Waals surface area (Å²) in [4.78, 5) is 23.8. The van der Waals surface area contributed by atoms with E-state index in [4.69, 9.17) is 13.6 Å². The molecule has 160 valence electrons. The Balaban J connectivity index is 4.48. The highest BCUT2D eigenvalue weighted by Crippen LogP contribution is 2.50. The first-order chi connectivity index (χ1) is 12.2. The first-order valence-electron chi connectivity index (χ1n) is 9.05. The molecule has 0 aromatic heterocycles. The van der Waals surface area contributed by atoms with Crippen molar-refractivity contribution >= 4 is 41.6 Å². The third-order valence-electron chi connectivity index (χ3n) is 2.92. The summed E-state index contributed by atoms with van der Waals surface area (Å²) in [6, 6.07) is 0. The highest BCUT2D eigenvalue weighted by molar-refractivity contribution is 8.14. The Labute approximate surface area is 172 Å². The first-order valence-corrected chi connectivity index (χ1v) is 12.5. The average molecular weight is 443 g/mol. The predicted molar refractivity (Wildman–Crippen MR) is 114 cm³/mol. The van der Waals surface area contributed by atoms with Gasteiger partial charge in [-0.1, -0.05) is 78.9 Å². The van der Waals surface area contributed by atoms with Crippen molar-refractivity contribution in [1.82, 2.24) is 0 Å². The molecule has 0 saturated heterocycles. The molecule has 6 nitrogen and oxygen atoms in total. The molecule has 0 N–H and O–H groups in total. The van der Waals surface area contributed by atoms with Crippen LogP contribution in [0.15, 0.2) is 0 Å². The van der Waals surface area contributed by atoms with Gasteiger partial charge in [-0.05, 0) is 5.92 Å². The SMILES string of the molecule is CC(C)COP(=O)(OCCSC(=O)C(C)(C)C)OCCSC(=O)C(C)(C)C. The second kappa shape index (κ2) is 12.0. The van der Waals surface area contributed by atoms with Gasteiger partial charge in [0.05, 0.1) is 19.8 Å². The summed E-state index contributed by atoms with van der Waals surface area (Å²) in [5.74, 6) is 0.900. The minimum Gasteiger partial charge on any atom is -0.287 e. The van der Waals surface area contributed by atoms with E-state index in [1.54, 1.807) is 0 Å². The normalized spacial score (nSPS) is 13.2. The maximum Gasteiger partial charge on any atom is 0.474 e. The third-order valence-corrected chi connectivity index (χ3v) is 6.88. The van der Waals surface area contributed by atoms with Crippen molar-refractivity contribution in [3.05, 3.63) is 0 Å². The first kappa shape index (κ1) is 27.1. The van der Waals surface area contributed by atoms with Crippen LogP contribution in [-0.4, -0.2) is 41.6 Å². The van der Waals surface area contributed by atoms with E-state index in [1.807, 2.05) is 55.4 Å². The maximum atomic E-state index is 12.7. The molecule has 0 aliphatic carbocycles. The van der Waals surface area contributed by atoms with Gasteiger partial charge >= 0.3 is 7.82 Å². The van der Waals surface area contributed by atoms with E-state index < -0.39 is 18.7 Å². The average Bonchev–Trinajstić information content (AvgIpc) is 2.51. The van der Waals surface area contributed by atoms with Crippen molar-refractivity contribution in [3.8, 4) is 0 Å². The molecule has 0 aliphatic rings. The van der Waals surface area contributed by atoms with Crippen molar-refractivity contribution in [2.75, 3.05) is 31.3 Å². The quantitative estimate of drug-likeness (QED) is 0.310. The van der Waals surface area contributed by atoms with Gasteiger partial charge in [0, 0.05) is 22.3 Å². The van der Waals surface area contributed by atoms with E-state index in [1.165, 1.54) is 0 Å². The number of hydrogen-bond acceptors (Lipinski definition) is 8.